The Hall–Kier alpha value is -1.76. The molecule has 0 aliphatic heterocycles. The first-order valence-electron chi connectivity index (χ1n) is 5.88. The summed E-state index contributed by atoms with van der Waals surface area (Å²) in [6, 6.07) is 3.70. The van der Waals surface area contributed by atoms with Gasteiger partial charge in [0.2, 0.25) is 0 Å². The average molecular weight is 291 g/mol. The summed E-state index contributed by atoms with van der Waals surface area (Å²) in [7, 11) is 2.78. The van der Waals surface area contributed by atoms with Gasteiger partial charge in [0.1, 0.15) is 5.75 Å². The van der Waals surface area contributed by atoms with Gasteiger partial charge in [-0.1, -0.05) is 6.07 Å². The molecule has 0 aromatic heterocycles. The predicted octanol–water partition coefficient (Wildman–Crippen LogP) is 2.37. The van der Waals surface area contributed by atoms with Crippen LogP contribution in [0.15, 0.2) is 18.2 Å². The van der Waals surface area contributed by atoms with Crippen LogP contribution in [0.4, 0.5) is 13.2 Å². The number of alkyl halides is 3. The van der Waals surface area contributed by atoms with E-state index in [9.17, 15) is 18.0 Å². The van der Waals surface area contributed by atoms with E-state index in [2.05, 4.69) is 10.1 Å². The fourth-order valence-corrected chi connectivity index (χ4v) is 1.62. The van der Waals surface area contributed by atoms with Gasteiger partial charge in [0, 0.05) is 6.54 Å². The van der Waals surface area contributed by atoms with Crippen LogP contribution in [0.2, 0.25) is 0 Å². The third-order valence-corrected chi connectivity index (χ3v) is 2.57. The van der Waals surface area contributed by atoms with Crippen LogP contribution >= 0.6 is 0 Å². The molecule has 0 bridgehead atoms. The summed E-state index contributed by atoms with van der Waals surface area (Å²) in [6.45, 7) is 1.63. The quantitative estimate of drug-likeness (QED) is 0.846. The van der Waals surface area contributed by atoms with E-state index >= 15 is 0 Å². The van der Waals surface area contributed by atoms with Gasteiger partial charge in [0.15, 0.2) is 6.10 Å². The zero-order chi connectivity index (χ0) is 15.3. The van der Waals surface area contributed by atoms with Crippen molar-refractivity contribution < 1.29 is 27.4 Å². The Morgan fingerprint density at radius 1 is 1.40 bits per heavy atom. The number of carbonyl (C=O) groups excluding carboxylic acids is 1. The molecule has 112 valence electrons. The summed E-state index contributed by atoms with van der Waals surface area (Å²) >= 11 is 0. The zero-order valence-corrected chi connectivity index (χ0v) is 11.4. The summed E-state index contributed by atoms with van der Waals surface area (Å²) in [6.07, 6.45) is -5.68. The fourth-order valence-electron chi connectivity index (χ4n) is 1.62. The van der Waals surface area contributed by atoms with Crippen LogP contribution in [0.3, 0.4) is 0 Å². The van der Waals surface area contributed by atoms with Crippen molar-refractivity contribution in [2.24, 2.45) is 0 Å². The van der Waals surface area contributed by atoms with Crippen molar-refractivity contribution in [3.63, 3.8) is 0 Å². The molecule has 0 amide bonds. The number of halogens is 3. The van der Waals surface area contributed by atoms with Crippen molar-refractivity contribution in [1.29, 1.82) is 0 Å². The molecule has 4 nitrogen and oxygen atoms in total. The number of hydrogen-bond donors (Lipinski definition) is 1. The summed E-state index contributed by atoms with van der Waals surface area (Å²) in [5.41, 5.74) is -0.445. The van der Waals surface area contributed by atoms with Gasteiger partial charge in [-0.15, -0.1) is 0 Å². The SMILES string of the molecule is CNCc1ccc(OC(C)C(=O)OC)c(C(F)(F)F)c1. The molecule has 1 unspecified atom stereocenters. The largest absolute Gasteiger partial charge is 0.478 e. The van der Waals surface area contributed by atoms with Crippen molar-refractivity contribution in [1.82, 2.24) is 5.32 Å². The Balaban J connectivity index is 3.09. The zero-order valence-electron chi connectivity index (χ0n) is 11.4. The molecule has 0 saturated heterocycles. The Morgan fingerprint density at radius 3 is 2.55 bits per heavy atom. The van der Waals surface area contributed by atoms with Crippen molar-refractivity contribution in [3.05, 3.63) is 29.3 Å². The van der Waals surface area contributed by atoms with Gasteiger partial charge >= 0.3 is 12.1 Å². The first-order valence-corrected chi connectivity index (χ1v) is 5.88. The number of carbonyl (C=O) groups is 1. The van der Waals surface area contributed by atoms with Gasteiger partial charge in [-0.3, -0.25) is 0 Å². The summed E-state index contributed by atoms with van der Waals surface area (Å²) in [5.74, 6) is -1.13. The van der Waals surface area contributed by atoms with Crippen LogP contribution in [0, 0.1) is 0 Å². The standard InChI is InChI=1S/C13H16F3NO3/c1-8(12(18)19-3)20-11-5-4-9(7-17-2)6-10(11)13(14,15)16/h4-6,8,17H,7H2,1-3H3. The number of nitrogens with one attached hydrogen (secondary N) is 1. The fraction of sp³-hybridized carbons (Fsp3) is 0.462. The van der Waals surface area contributed by atoms with Gasteiger partial charge in [-0.2, -0.15) is 13.2 Å². The van der Waals surface area contributed by atoms with E-state index in [4.69, 9.17) is 4.74 Å². The lowest BCUT2D eigenvalue weighted by atomic mass is 10.1. The second-order valence-corrected chi connectivity index (χ2v) is 4.14. The first-order chi connectivity index (χ1) is 9.29. The Morgan fingerprint density at radius 2 is 2.05 bits per heavy atom. The number of esters is 1. The monoisotopic (exact) mass is 291 g/mol. The lowest BCUT2D eigenvalue weighted by Crippen LogP contribution is -2.26. The highest BCUT2D eigenvalue weighted by atomic mass is 19.4. The van der Waals surface area contributed by atoms with E-state index < -0.39 is 29.6 Å². The van der Waals surface area contributed by atoms with Crippen LogP contribution in [-0.4, -0.2) is 26.2 Å². The smallest absolute Gasteiger partial charge is 0.419 e. The number of methoxy groups -OCH3 is 1. The van der Waals surface area contributed by atoms with Crippen molar-refractivity contribution in [3.8, 4) is 5.75 Å². The summed E-state index contributed by atoms with van der Waals surface area (Å²) in [4.78, 5) is 11.2. The van der Waals surface area contributed by atoms with E-state index in [0.717, 1.165) is 13.2 Å². The number of benzene rings is 1. The van der Waals surface area contributed by atoms with Crippen LogP contribution in [0.25, 0.3) is 0 Å². The number of hydrogen-bond acceptors (Lipinski definition) is 4. The van der Waals surface area contributed by atoms with E-state index in [0.29, 0.717) is 12.1 Å². The van der Waals surface area contributed by atoms with Crippen LogP contribution in [0.1, 0.15) is 18.1 Å². The molecule has 1 aromatic rings. The van der Waals surface area contributed by atoms with Crippen molar-refractivity contribution in [2.45, 2.75) is 25.7 Å². The molecule has 0 radical (unpaired) electrons. The van der Waals surface area contributed by atoms with Crippen LogP contribution < -0.4 is 10.1 Å². The van der Waals surface area contributed by atoms with E-state index in [1.54, 1.807) is 7.05 Å². The average Bonchev–Trinajstić information content (AvgIpc) is 2.38. The topological polar surface area (TPSA) is 47.6 Å². The van der Waals surface area contributed by atoms with Crippen LogP contribution in [0.5, 0.6) is 5.75 Å². The maximum absolute atomic E-state index is 13.0. The number of rotatable bonds is 5. The Bertz CT molecular complexity index is 474. The van der Waals surface area contributed by atoms with Gasteiger partial charge in [0.25, 0.3) is 0 Å². The van der Waals surface area contributed by atoms with Gasteiger partial charge in [-0.25, -0.2) is 4.79 Å². The molecule has 0 saturated carbocycles. The van der Waals surface area contributed by atoms with Crippen LogP contribution in [-0.2, 0) is 22.3 Å². The molecule has 0 aliphatic rings. The number of ether oxygens (including phenoxy) is 2. The Labute approximate surface area is 114 Å². The lowest BCUT2D eigenvalue weighted by molar-refractivity contribution is -0.150. The van der Waals surface area contributed by atoms with Gasteiger partial charge < -0.3 is 14.8 Å². The highest BCUT2D eigenvalue weighted by Gasteiger charge is 2.35. The minimum absolute atomic E-state index is 0.302. The normalized spacial score (nSPS) is 12.9. The maximum atomic E-state index is 13.0. The minimum atomic E-state index is -4.56. The Kier molecular flexibility index (Phi) is 5.38. The second-order valence-electron chi connectivity index (χ2n) is 4.14. The third-order valence-electron chi connectivity index (χ3n) is 2.57. The molecule has 1 rings (SSSR count). The molecule has 0 heterocycles. The predicted molar refractivity (Wildman–Crippen MR) is 66.3 cm³/mol. The first kappa shape index (κ1) is 16.3. The molecule has 0 spiro atoms. The van der Waals surface area contributed by atoms with Crippen molar-refractivity contribution in [2.75, 3.05) is 14.2 Å². The molecule has 7 heteroatoms. The maximum Gasteiger partial charge on any atom is 0.419 e. The van der Waals surface area contributed by atoms with E-state index in [-0.39, 0.29) is 0 Å². The third kappa shape index (κ3) is 4.12. The highest BCUT2D eigenvalue weighted by molar-refractivity contribution is 5.74. The minimum Gasteiger partial charge on any atom is -0.478 e. The molecular formula is C13H16F3NO3. The molecule has 1 atom stereocenters. The molecule has 0 fully saturated rings. The van der Waals surface area contributed by atoms with Gasteiger partial charge in [-0.05, 0) is 31.7 Å². The summed E-state index contributed by atoms with van der Waals surface area (Å²) in [5, 5.41) is 2.77. The molecule has 1 aromatic carbocycles. The van der Waals surface area contributed by atoms with E-state index in [1.165, 1.54) is 19.1 Å². The molecular weight excluding hydrogens is 275 g/mol. The van der Waals surface area contributed by atoms with E-state index in [1.807, 2.05) is 0 Å². The molecule has 1 N–H and O–H groups in total. The second kappa shape index (κ2) is 6.60. The molecule has 20 heavy (non-hydrogen) atoms. The highest BCUT2D eigenvalue weighted by Crippen LogP contribution is 2.37. The molecule has 0 aliphatic carbocycles. The van der Waals surface area contributed by atoms with Gasteiger partial charge in [0.05, 0.1) is 12.7 Å². The lowest BCUT2D eigenvalue weighted by Gasteiger charge is -2.18. The van der Waals surface area contributed by atoms with Crippen molar-refractivity contribution >= 4 is 5.97 Å². The summed E-state index contributed by atoms with van der Waals surface area (Å²) < 4.78 is 48.4.